The summed E-state index contributed by atoms with van der Waals surface area (Å²) >= 11 is 0. The average Bonchev–Trinajstić information content (AvgIpc) is 3.25. The topological polar surface area (TPSA) is 95.7 Å². The lowest BCUT2D eigenvalue weighted by Gasteiger charge is -2.35. The number of carboxylic acids is 1. The second-order valence-electron chi connectivity index (χ2n) is 7.00. The molecule has 0 unspecified atom stereocenters. The van der Waals surface area contributed by atoms with E-state index in [1.165, 1.54) is 0 Å². The fraction of sp³-hybridized carbons (Fsp3) is 0.421. The van der Waals surface area contributed by atoms with Gasteiger partial charge in [0.25, 0.3) is 5.91 Å². The zero-order valence-electron chi connectivity index (χ0n) is 14.4. The summed E-state index contributed by atoms with van der Waals surface area (Å²) in [5.41, 5.74) is 1.74. The molecule has 1 fully saturated rings. The molecule has 0 atom stereocenters. The van der Waals surface area contributed by atoms with E-state index < -0.39 is 11.6 Å². The number of piperidine rings is 1. The first-order chi connectivity index (χ1) is 12.5. The second-order valence-corrected chi connectivity index (χ2v) is 7.00. The van der Waals surface area contributed by atoms with Gasteiger partial charge in [-0.3, -0.25) is 4.79 Å². The number of fused-ring (bicyclic) bond motifs is 1. The van der Waals surface area contributed by atoms with Gasteiger partial charge < -0.3 is 15.1 Å². The van der Waals surface area contributed by atoms with Crippen molar-refractivity contribution in [1.29, 1.82) is 0 Å². The molecular formula is C19H21N3O4. The fourth-order valence-corrected chi connectivity index (χ4v) is 3.84. The summed E-state index contributed by atoms with van der Waals surface area (Å²) in [5, 5.41) is 23.8. The van der Waals surface area contributed by atoms with Crippen LogP contribution in [0.15, 0.2) is 30.3 Å². The first kappa shape index (κ1) is 16.8. The highest BCUT2D eigenvalue weighted by molar-refractivity contribution is 5.94. The number of carboxylic acid groups (broad SMARTS) is 1. The maximum absolute atomic E-state index is 13.0. The van der Waals surface area contributed by atoms with Crippen molar-refractivity contribution in [3.8, 4) is 5.69 Å². The Bertz CT molecular complexity index is 851. The number of nitrogens with zero attached hydrogens (tertiary/aromatic N) is 3. The summed E-state index contributed by atoms with van der Waals surface area (Å²) in [6, 6.07) is 9.76. The van der Waals surface area contributed by atoms with E-state index in [1.54, 1.807) is 4.90 Å². The molecule has 2 aliphatic rings. The van der Waals surface area contributed by atoms with Gasteiger partial charge in [0.05, 0.1) is 5.69 Å². The first-order valence-corrected chi connectivity index (χ1v) is 8.91. The van der Waals surface area contributed by atoms with E-state index in [-0.39, 0.29) is 31.8 Å². The fourth-order valence-electron chi connectivity index (χ4n) is 3.84. The van der Waals surface area contributed by atoms with Gasteiger partial charge in [-0.15, -0.1) is 0 Å². The highest BCUT2D eigenvalue weighted by Gasteiger charge is 2.41. The molecule has 7 nitrogen and oxygen atoms in total. The number of amides is 1. The first-order valence-electron chi connectivity index (χ1n) is 8.91. The molecule has 1 aromatic heterocycles. The highest BCUT2D eigenvalue weighted by Crippen LogP contribution is 2.30. The van der Waals surface area contributed by atoms with Gasteiger partial charge in [0.1, 0.15) is 0 Å². The molecule has 1 amide bonds. The van der Waals surface area contributed by atoms with Crippen molar-refractivity contribution in [2.24, 2.45) is 0 Å². The quantitative estimate of drug-likeness (QED) is 0.868. The van der Waals surface area contributed by atoms with Crippen LogP contribution >= 0.6 is 0 Å². The number of carbonyl (C=O) groups is 2. The van der Waals surface area contributed by atoms with Crippen molar-refractivity contribution in [3.63, 3.8) is 0 Å². The van der Waals surface area contributed by atoms with Crippen LogP contribution in [0.4, 0.5) is 0 Å². The largest absolute Gasteiger partial charge is 0.479 e. The van der Waals surface area contributed by atoms with Crippen molar-refractivity contribution in [2.45, 2.75) is 37.7 Å². The Hall–Kier alpha value is -2.67. The standard InChI is InChI=1S/C19H21N3O4/c23-17(21-11-9-19(26,10-12-21)18(24)25)16-14-7-4-8-15(14)22(20-16)13-5-2-1-3-6-13/h1-3,5-6,26H,4,7-12H2,(H,24,25). The number of carbonyl (C=O) groups excluding carboxylic acids is 1. The minimum Gasteiger partial charge on any atom is -0.479 e. The Morgan fingerprint density at radius 1 is 1.08 bits per heavy atom. The molecule has 0 radical (unpaired) electrons. The summed E-state index contributed by atoms with van der Waals surface area (Å²) in [7, 11) is 0. The van der Waals surface area contributed by atoms with Gasteiger partial charge >= 0.3 is 5.97 Å². The third kappa shape index (κ3) is 2.68. The number of hydrogen-bond donors (Lipinski definition) is 2. The molecule has 2 heterocycles. The SMILES string of the molecule is O=C(c1nn(-c2ccccc2)c2c1CCC2)N1CCC(O)(C(=O)O)CC1. The zero-order valence-corrected chi connectivity index (χ0v) is 14.4. The number of aliphatic hydroxyl groups is 1. The van der Waals surface area contributed by atoms with Crippen LogP contribution in [0.1, 0.15) is 41.0 Å². The van der Waals surface area contributed by atoms with E-state index in [9.17, 15) is 14.7 Å². The third-order valence-corrected chi connectivity index (χ3v) is 5.41. The van der Waals surface area contributed by atoms with Gasteiger partial charge in [0.15, 0.2) is 11.3 Å². The van der Waals surface area contributed by atoms with E-state index in [0.29, 0.717) is 5.69 Å². The summed E-state index contributed by atoms with van der Waals surface area (Å²) < 4.78 is 1.85. The smallest absolute Gasteiger partial charge is 0.335 e. The Balaban J connectivity index is 1.61. The van der Waals surface area contributed by atoms with Crippen LogP contribution in [0, 0.1) is 0 Å². The van der Waals surface area contributed by atoms with Crippen molar-refractivity contribution in [1.82, 2.24) is 14.7 Å². The second kappa shape index (κ2) is 6.25. The zero-order chi connectivity index (χ0) is 18.3. The predicted octanol–water partition coefficient (Wildman–Crippen LogP) is 1.41. The third-order valence-electron chi connectivity index (χ3n) is 5.41. The molecule has 1 saturated heterocycles. The maximum Gasteiger partial charge on any atom is 0.335 e. The summed E-state index contributed by atoms with van der Waals surface area (Å²) in [6.45, 7) is 0.434. The summed E-state index contributed by atoms with van der Waals surface area (Å²) in [6.07, 6.45) is 2.80. The van der Waals surface area contributed by atoms with E-state index in [2.05, 4.69) is 5.10 Å². The van der Waals surface area contributed by atoms with Crippen LogP contribution in [-0.4, -0.2) is 55.5 Å². The Morgan fingerprint density at radius 3 is 2.42 bits per heavy atom. The molecule has 0 bridgehead atoms. The van der Waals surface area contributed by atoms with E-state index in [1.807, 2.05) is 35.0 Å². The molecule has 7 heteroatoms. The summed E-state index contributed by atoms with van der Waals surface area (Å²) in [5.74, 6) is -1.40. The predicted molar refractivity (Wildman–Crippen MR) is 93.3 cm³/mol. The van der Waals surface area contributed by atoms with Crippen molar-refractivity contribution in [3.05, 3.63) is 47.3 Å². The number of benzene rings is 1. The van der Waals surface area contributed by atoms with Crippen LogP contribution in [0.5, 0.6) is 0 Å². The highest BCUT2D eigenvalue weighted by atomic mass is 16.4. The molecule has 1 aliphatic heterocycles. The van der Waals surface area contributed by atoms with Crippen LogP contribution < -0.4 is 0 Å². The van der Waals surface area contributed by atoms with Crippen molar-refractivity contribution < 1.29 is 19.8 Å². The molecule has 0 spiro atoms. The van der Waals surface area contributed by atoms with E-state index in [0.717, 1.165) is 36.2 Å². The number of aromatic nitrogens is 2. The van der Waals surface area contributed by atoms with Crippen molar-refractivity contribution >= 4 is 11.9 Å². The Kier molecular flexibility index (Phi) is 4.03. The number of likely N-dealkylation sites (tertiary alicyclic amines) is 1. The lowest BCUT2D eigenvalue weighted by molar-refractivity contribution is -0.162. The van der Waals surface area contributed by atoms with Gasteiger partial charge in [-0.25, -0.2) is 9.48 Å². The lowest BCUT2D eigenvalue weighted by atomic mass is 9.91. The Labute approximate surface area is 150 Å². The molecule has 0 saturated carbocycles. The molecule has 1 aliphatic carbocycles. The molecule has 4 rings (SSSR count). The van der Waals surface area contributed by atoms with E-state index >= 15 is 0 Å². The molecule has 136 valence electrons. The number of hydrogen-bond acceptors (Lipinski definition) is 4. The van der Waals surface area contributed by atoms with Crippen LogP contribution in [-0.2, 0) is 17.6 Å². The molecule has 2 N–H and O–H groups in total. The van der Waals surface area contributed by atoms with Gasteiger partial charge in [0, 0.05) is 37.2 Å². The average molecular weight is 355 g/mol. The molecule has 2 aromatic rings. The molecule has 1 aromatic carbocycles. The lowest BCUT2D eigenvalue weighted by Crippen LogP contribution is -2.51. The van der Waals surface area contributed by atoms with Crippen molar-refractivity contribution in [2.75, 3.05) is 13.1 Å². The monoisotopic (exact) mass is 355 g/mol. The number of aliphatic carboxylic acids is 1. The molecule has 26 heavy (non-hydrogen) atoms. The van der Waals surface area contributed by atoms with Crippen LogP contribution in [0.25, 0.3) is 5.69 Å². The summed E-state index contributed by atoms with van der Waals surface area (Å²) in [4.78, 5) is 25.8. The van der Waals surface area contributed by atoms with Gasteiger partial charge in [-0.2, -0.15) is 5.10 Å². The Morgan fingerprint density at radius 2 is 1.77 bits per heavy atom. The van der Waals surface area contributed by atoms with Gasteiger partial charge in [-0.1, -0.05) is 18.2 Å². The van der Waals surface area contributed by atoms with Gasteiger partial charge in [0.2, 0.25) is 0 Å². The van der Waals surface area contributed by atoms with Crippen LogP contribution in [0.2, 0.25) is 0 Å². The minimum absolute atomic E-state index is 0.0374. The number of para-hydroxylation sites is 1. The normalized spacial score (nSPS) is 18.6. The van der Waals surface area contributed by atoms with Gasteiger partial charge in [-0.05, 0) is 31.4 Å². The minimum atomic E-state index is -1.73. The number of rotatable bonds is 3. The van der Waals surface area contributed by atoms with Crippen LogP contribution in [0.3, 0.4) is 0 Å². The molecular weight excluding hydrogens is 334 g/mol. The van der Waals surface area contributed by atoms with E-state index in [4.69, 9.17) is 5.11 Å². The maximum atomic E-state index is 13.0.